The molecule has 27 heavy (non-hydrogen) atoms. The summed E-state index contributed by atoms with van der Waals surface area (Å²) in [6.45, 7) is 2.80. The van der Waals surface area contributed by atoms with Gasteiger partial charge >= 0.3 is 0 Å². The number of aromatic hydroxyl groups is 1. The maximum Gasteiger partial charge on any atom is 0.259 e. The molecule has 0 spiro atoms. The zero-order valence-electron chi connectivity index (χ0n) is 15.3. The average molecular weight is 362 g/mol. The van der Waals surface area contributed by atoms with Crippen molar-refractivity contribution in [3.63, 3.8) is 0 Å². The van der Waals surface area contributed by atoms with E-state index in [9.17, 15) is 9.90 Å². The van der Waals surface area contributed by atoms with E-state index >= 15 is 0 Å². The van der Waals surface area contributed by atoms with E-state index in [1.165, 1.54) is 12.5 Å². The number of fused-ring (bicyclic) bond motifs is 1. The van der Waals surface area contributed by atoms with Crippen molar-refractivity contribution in [1.29, 1.82) is 0 Å². The average Bonchev–Trinajstić information content (AvgIpc) is 2.92. The number of phenols is 1. The van der Waals surface area contributed by atoms with Gasteiger partial charge in [0.2, 0.25) is 0 Å². The Hall–Kier alpha value is -3.15. The zero-order chi connectivity index (χ0) is 18.8. The molecule has 0 atom stereocenters. The first-order chi connectivity index (χ1) is 13.1. The van der Waals surface area contributed by atoms with E-state index in [1.807, 2.05) is 31.2 Å². The third-order valence-corrected chi connectivity index (χ3v) is 4.88. The summed E-state index contributed by atoms with van der Waals surface area (Å²) >= 11 is 0. The number of anilines is 1. The topological polar surface area (TPSA) is 80.0 Å². The molecule has 0 fully saturated rings. The zero-order valence-corrected chi connectivity index (χ0v) is 15.3. The van der Waals surface area contributed by atoms with Crippen LogP contribution in [0.2, 0.25) is 0 Å². The highest BCUT2D eigenvalue weighted by atomic mass is 16.3. The number of hydrogen-bond donors (Lipinski definition) is 2. The summed E-state index contributed by atoms with van der Waals surface area (Å²) in [4.78, 5) is 12.6. The lowest BCUT2D eigenvalue weighted by Gasteiger charge is -2.10. The van der Waals surface area contributed by atoms with Gasteiger partial charge in [-0.15, -0.1) is 10.2 Å². The molecule has 1 aliphatic rings. The van der Waals surface area contributed by atoms with Gasteiger partial charge in [-0.25, -0.2) is 0 Å². The number of aromatic nitrogens is 3. The van der Waals surface area contributed by atoms with Crippen LogP contribution in [-0.2, 0) is 13.0 Å². The van der Waals surface area contributed by atoms with Crippen molar-refractivity contribution in [3.05, 3.63) is 59.4 Å². The molecule has 2 heterocycles. The third-order valence-electron chi connectivity index (χ3n) is 4.88. The fourth-order valence-corrected chi connectivity index (χ4v) is 3.46. The van der Waals surface area contributed by atoms with Gasteiger partial charge in [0.25, 0.3) is 5.91 Å². The Morgan fingerprint density at radius 2 is 2.00 bits per heavy atom. The predicted octanol–water partition coefficient (Wildman–Crippen LogP) is 3.94. The standard InChI is InChI=1S/C21H22N4O2/c1-14-9-10-18(26)17(12-14)21(27)22-16-7-5-6-15(13-16)20-24-23-19-8-3-2-4-11-25(19)20/h5-7,9-10,12-13,26H,2-4,8,11H2,1H3,(H,22,27). The van der Waals surface area contributed by atoms with Gasteiger partial charge < -0.3 is 15.0 Å². The van der Waals surface area contributed by atoms with E-state index in [4.69, 9.17) is 0 Å². The van der Waals surface area contributed by atoms with Crippen molar-refractivity contribution in [3.8, 4) is 17.1 Å². The number of aryl methyl sites for hydroxylation is 2. The lowest BCUT2D eigenvalue weighted by atomic mass is 10.1. The van der Waals surface area contributed by atoms with Crippen molar-refractivity contribution in [2.45, 2.75) is 39.2 Å². The van der Waals surface area contributed by atoms with Gasteiger partial charge in [0.15, 0.2) is 5.82 Å². The minimum atomic E-state index is -0.339. The van der Waals surface area contributed by atoms with Crippen LogP contribution in [0.3, 0.4) is 0 Å². The molecule has 0 radical (unpaired) electrons. The highest BCUT2D eigenvalue weighted by Crippen LogP contribution is 2.26. The molecule has 1 amide bonds. The number of nitrogens with one attached hydrogen (secondary N) is 1. The Kier molecular flexibility index (Phi) is 4.62. The SMILES string of the molecule is Cc1ccc(O)c(C(=O)Nc2cccc(-c3nnc4n3CCCCC4)c2)c1. The van der Waals surface area contributed by atoms with Gasteiger partial charge in [0.05, 0.1) is 5.56 Å². The second-order valence-corrected chi connectivity index (χ2v) is 6.96. The summed E-state index contributed by atoms with van der Waals surface area (Å²) < 4.78 is 2.18. The Labute approximate surface area is 157 Å². The Bertz CT molecular complexity index is 994. The number of phenolic OH excluding ortho intramolecular Hbond substituents is 1. The summed E-state index contributed by atoms with van der Waals surface area (Å²) in [6, 6.07) is 12.6. The van der Waals surface area contributed by atoms with Crippen molar-refractivity contribution in [2.24, 2.45) is 0 Å². The molecule has 1 aromatic heterocycles. The number of amides is 1. The maximum atomic E-state index is 12.6. The van der Waals surface area contributed by atoms with Crippen molar-refractivity contribution in [1.82, 2.24) is 14.8 Å². The van der Waals surface area contributed by atoms with Gasteiger partial charge in [-0.1, -0.05) is 30.2 Å². The number of carbonyl (C=O) groups excluding carboxylic acids is 1. The van der Waals surface area contributed by atoms with Crippen LogP contribution in [0.25, 0.3) is 11.4 Å². The van der Waals surface area contributed by atoms with Crippen molar-refractivity contribution in [2.75, 3.05) is 5.32 Å². The third kappa shape index (κ3) is 3.56. The molecule has 138 valence electrons. The van der Waals surface area contributed by atoms with Crippen molar-refractivity contribution < 1.29 is 9.90 Å². The van der Waals surface area contributed by atoms with E-state index in [1.54, 1.807) is 12.1 Å². The second-order valence-electron chi connectivity index (χ2n) is 6.96. The molecule has 2 aromatic carbocycles. The number of hydrogen-bond acceptors (Lipinski definition) is 4. The molecule has 0 aliphatic carbocycles. The Morgan fingerprint density at radius 3 is 2.89 bits per heavy atom. The van der Waals surface area contributed by atoms with Gasteiger partial charge in [0, 0.05) is 24.2 Å². The minimum Gasteiger partial charge on any atom is -0.507 e. The quantitative estimate of drug-likeness (QED) is 0.740. The maximum absolute atomic E-state index is 12.6. The summed E-state index contributed by atoms with van der Waals surface area (Å²) in [6.07, 6.45) is 4.43. The lowest BCUT2D eigenvalue weighted by Crippen LogP contribution is -2.12. The van der Waals surface area contributed by atoms with Gasteiger partial charge in [0.1, 0.15) is 11.6 Å². The summed E-state index contributed by atoms with van der Waals surface area (Å²) in [5, 5.41) is 21.5. The van der Waals surface area contributed by atoms with Crippen LogP contribution in [0.4, 0.5) is 5.69 Å². The van der Waals surface area contributed by atoms with E-state index in [2.05, 4.69) is 20.1 Å². The normalized spacial score (nSPS) is 13.7. The number of carbonyl (C=O) groups is 1. The van der Waals surface area contributed by atoms with E-state index < -0.39 is 0 Å². The number of nitrogens with zero attached hydrogens (tertiary/aromatic N) is 3. The highest BCUT2D eigenvalue weighted by molar-refractivity contribution is 6.06. The smallest absolute Gasteiger partial charge is 0.259 e. The Balaban J connectivity index is 1.61. The molecule has 6 nitrogen and oxygen atoms in total. The first-order valence-electron chi connectivity index (χ1n) is 9.25. The summed E-state index contributed by atoms with van der Waals surface area (Å²) in [5.41, 5.74) is 2.75. The van der Waals surface area contributed by atoms with Crippen LogP contribution in [0.5, 0.6) is 5.75 Å². The molecule has 2 N–H and O–H groups in total. The molecular weight excluding hydrogens is 340 g/mol. The summed E-state index contributed by atoms with van der Waals surface area (Å²) in [7, 11) is 0. The second kappa shape index (κ2) is 7.23. The lowest BCUT2D eigenvalue weighted by molar-refractivity contribution is 0.102. The van der Waals surface area contributed by atoms with Crippen LogP contribution in [-0.4, -0.2) is 25.8 Å². The first-order valence-corrected chi connectivity index (χ1v) is 9.25. The molecule has 0 saturated carbocycles. The minimum absolute atomic E-state index is 0.0305. The molecule has 0 bridgehead atoms. The number of rotatable bonds is 3. The van der Waals surface area contributed by atoms with E-state index in [0.29, 0.717) is 5.69 Å². The molecular formula is C21H22N4O2. The largest absolute Gasteiger partial charge is 0.507 e. The van der Waals surface area contributed by atoms with Crippen LogP contribution >= 0.6 is 0 Å². The van der Waals surface area contributed by atoms with Crippen LogP contribution < -0.4 is 5.32 Å². The highest BCUT2D eigenvalue weighted by Gasteiger charge is 2.17. The fraction of sp³-hybridized carbons (Fsp3) is 0.286. The van der Waals surface area contributed by atoms with Crippen molar-refractivity contribution >= 4 is 11.6 Å². The van der Waals surface area contributed by atoms with Gasteiger partial charge in [-0.3, -0.25) is 4.79 Å². The van der Waals surface area contributed by atoms with Gasteiger partial charge in [-0.05, 0) is 44.0 Å². The Morgan fingerprint density at radius 1 is 1.11 bits per heavy atom. The molecule has 1 aliphatic heterocycles. The molecule has 4 rings (SSSR count). The van der Waals surface area contributed by atoms with E-state index in [0.717, 1.165) is 48.6 Å². The molecule has 0 unspecified atom stereocenters. The number of benzene rings is 2. The van der Waals surface area contributed by atoms with E-state index in [-0.39, 0.29) is 17.2 Å². The fourth-order valence-electron chi connectivity index (χ4n) is 3.46. The monoisotopic (exact) mass is 362 g/mol. The molecule has 6 heteroatoms. The predicted molar refractivity (Wildman–Crippen MR) is 104 cm³/mol. The summed E-state index contributed by atoms with van der Waals surface area (Å²) in [5.74, 6) is 1.49. The van der Waals surface area contributed by atoms with Crippen LogP contribution in [0.1, 0.15) is 41.0 Å². The molecule has 0 saturated heterocycles. The first kappa shape index (κ1) is 17.3. The van der Waals surface area contributed by atoms with Gasteiger partial charge in [-0.2, -0.15) is 0 Å². The van der Waals surface area contributed by atoms with Crippen LogP contribution in [0.15, 0.2) is 42.5 Å². The molecule has 3 aromatic rings. The van der Waals surface area contributed by atoms with Crippen LogP contribution in [0, 0.1) is 6.92 Å².